The summed E-state index contributed by atoms with van der Waals surface area (Å²) in [6.45, 7) is -0.150. The second-order valence-electron chi connectivity index (χ2n) is 7.03. The number of aliphatic hydroxyl groups excluding tert-OH is 4. The lowest BCUT2D eigenvalue weighted by molar-refractivity contribution is -0.254. The van der Waals surface area contributed by atoms with Gasteiger partial charge in [0.05, 0.1) is 19.4 Å². The van der Waals surface area contributed by atoms with Crippen LogP contribution < -0.4 is 4.74 Å². The highest BCUT2D eigenvalue weighted by molar-refractivity contribution is 5.66. The Hall–Kier alpha value is -2.57. The van der Waals surface area contributed by atoms with E-state index in [1.807, 2.05) is 0 Å². The van der Waals surface area contributed by atoms with Crippen molar-refractivity contribution in [2.24, 2.45) is 0 Å². The van der Waals surface area contributed by atoms with E-state index >= 15 is 0 Å². The van der Waals surface area contributed by atoms with Crippen molar-refractivity contribution in [2.45, 2.75) is 49.9 Å². The molecule has 5 N–H and O–H groups in total. The van der Waals surface area contributed by atoms with Crippen LogP contribution >= 0.6 is 0 Å². The maximum atomic E-state index is 10.5. The Balaban J connectivity index is 1.66. The number of rotatable bonds is 9. The maximum absolute atomic E-state index is 10.5. The summed E-state index contributed by atoms with van der Waals surface area (Å²) in [4.78, 5) is 10.5. The van der Waals surface area contributed by atoms with Gasteiger partial charge in [-0.1, -0.05) is 17.3 Å². The number of aromatic nitrogens is 3. The number of nitrogens with zero attached hydrogens (tertiary/aromatic N) is 3. The molecule has 2 heterocycles. The first-order valence-corrected chi connectivity index (χ1v) is 9.58. The quantitative estimate of drug-likeness (QED) is 0.333. The Morgan fingerprint density at radius 2 is 1.97 bits per heavy atom. The zero-order chi connectivity index (χ0) is 21.7. The van der Waals surface area contributed by atoms with E-state index in [1.165, 1.54) is 10.9 Å². The van der Waals surface area contributed by atoms with Gasteiger partial charge in [-0.05, 0) is 25.0 Å². The van der Waals surface area contributed by atoms with Gasteiger partial charge in [0.1, 0.15) is 35.9 Å². The van der Waals surface area contributed by atoms with E-state index in [2.05, 4.69) is 10.3 Å². The molecule has 0 spiro atoms. The lowest BCUT2D eigenvalue weighted by atomic mass is 9.98. The standard InChI is InChI=1S/C19H25N3O8/c23-10-14-16(26)17(27)18(28)19(30-14)22-9-13(20-21-22)11-4-3-5-12(8-11)29-7-2-1-6-15(24)25/h3-5,8-9,14,16-19,23,26-28H,1-2,6-7,10H2,(H,24,25)/t14-,16-,17+,18+,19+/m1/s1. The number of unbranched alkanes of at least 4 members (excludes halogenated alkanes) is 1. The topological polar surface area (TPSA) is 167 Å². The van der Waals surface area contributed by atoms with E-state index in [9.17, 15) is 25.2 Å². The third-order valence-electron chi connectivity index (χ3n) is 4.82. The summed E-state index contributed by atoms with van der Waals surface area (Å²) in [5.41, 5.74) is 1.15. The van der Waals surface area contributed by atoms with Gasteiger partial charge < -0.3 is 35.0 Å². The molecule has 0 unspecified atom stereocenters. The summed E-state index contributed by atoms with van der Waals surface area (Å²) < 4.78 is 12.3. The van der Waals surface area contributed by atoms with E-state index in [0.717, 1.165) is 0 Å². The van der Waals surface area contributed by atoms with E-state index in [4.69, 9.17) is 14.6 Å². The zero-order valence-electron chi connectivity index (χ0n) is 16.1. The second kappa shape index (κ2) is 9.96. The fourth-order valence-electron chi connectivity index (χ4n) is 3.15. The van der Waals surface area contributed by atoms with E-state index in [-0.39, 0.29) is 6.42 Å². The molecule has 0 aliphatic carbocycles. The summed E-state index contributed by atoms with van der Waals surface area (Å²) in [7, 11) is 0. The Bertz CT molecular complexity index is 843. The maximum Gasteiger partial charge on any atom is 0.303 e. The SMILES string of the molecule is O=C(O)CCCCOc1cccc(-c2cn([C@H]3O[C@H](CO)[C@@H](O)[C@H](O)[C@@H]3O)nn2)c1. The van der Waals surface area contributed by atoms with Crippen molar-refractivity contribution >= 4 is 5.97 Å². The normalized spacial score (nSPS) is 26.5. The lowest BCUT2D eigenvalue weighted by Crippen LogP contribution is -2.56. The molecule has 0 bridgehead atoms. The molecule has 1 aliphatic heterocycles. The molecule has 0 radical (unpaired) electrons. The first-order valence-electron chi connectivity index (χ1n) is 9.58. The molecule has 1 aliphatic rings. The molecule has 11 nitrogen and oxygen atoms in total. The number of hydrogen-bond donors (Lipinski definition) is 5. The molecule has 1 saturated heterocycles. The highest BCUT2D eigenvalue weighted by Gasteiger charge is 2.44. The van der Waals surface area contributed by atoms with Gasteiger partial charge in [-0.2, -0.15) is 0 Å². The fraction of sp³-hybridized carbons (Fsp3) is 0.526. The second-order valence-corrected chi connectivity index (χ2v) is 7.03. The summed E-state index contributed by atoms with van der Waals surface area (Å²) in [6, 6.07) is 7.08. The average molecular weight is 423 g/mol. The highest BCUT2D eigenvalue weighted by Crippen LogP contribution is 2.29. The Labute approximate surface area is 172 Å². The first-order chi connectivity index (χ1) is 14.4. The van der Waals surface area contributed by atoms with E-state index in [1.54, 1.807) is 24.3 Å². The van der Waals surface area contributed by atoms with Crippen LogP contribution in [-0.4, -0.2) is 84.1 Å². The number of benzene rings is 1. The van der Waals surface area contributed by atoms with Crippen molar-refractivity contribution in [3.8, 4) is 17.0 Å². The van der Waals surface area contributed by atoms with Crippen molar-refractivity contribution < 1.29 is 39.8 Å². The number of carbonyl (C=O) groups is 1. The van der Waals surface area contributed by atoms with Gasteiger partial charge in [0.2, 0.25) is 0 Å². The average Bonchev–Trinajstić information content (AvgIpc) is 3.22. The van der Waals surface area contributed by atoms with Crippen molar-refractivity contribution in [3.63, 3.8) is 0 Å². The number of ether oxygens (including phenoxy) is 2. The van der Waals surface area contributed by atoms with Crippen LogP contribution in [0.25, 0.3) is 11.3 Å². The van der Waals surface area contributed by atoms with Crippen molar-refractivity contribution in [1.82, 2.24) is 15.0 Å². The Morgan fingerprint density at radius 3 is 2.70 bits per heavy atom. The molecule has 0 saturated carbocycles. The Kier molecular flexibility index (Phi) is 7.34. The van der Waals surface area contributed by atoms with Gasteiger partial charge in [-0.3, -0.25) is 4.79 Å². The number of carboxylic acid groups (broad SMARTS) is 1. The number of aliphatic carboxylic acids is 1. The van der Waals surface area contributed by atoms with Gasteiger partial charge >= 0.3 is 5.97 Å². The molecule has 5 atom stereocenters. The van der Waals surface area contributed by atoms with Crippen LogP contribution in [0.1, 0.15) is 25.5 Å². The van der Waals surface area contributed by atoms with Crippen LogP contribution in [0.4, 0.5) is 0 Å². The molecule has 30 heavy (non-hydrogen) atoms. The van der Waals surface area contributed by atoms with Crippen LogP contribution in [0.2, 0.25) is 0 Å². The minimum Gasteiger partial charge on any atom is -0.494 e. The molecule has 11 heteroatoms. The molecule has 2 aromatic rings. The summed E-state index contributed by atoms with van der Waals surface area (Å²) in [5.74, 6) is -0.246. The summed E-state index contributed by atoms with van der Waals surface area (Å²) >= 11 is 0. The largest absolute Gasteiger partial charge is 0.494 e. The fourth-order valence-corrected chi connectivity index (χ4v) is 3.15. The predicted molar refractivity (Wildman–Crippen MR) is 101 cm³/mol. The molecule has 1 fully saturated rings. The molecule has 0 amide bonds. The number of aliphatic hydroxyl groups is 4. The first kappa shape index (κ1) is 22.1. The molecule has 1 aromatic carbocycles. The van der Waals surface area contributed by atoms with Gasteiger partial charge in [0, 0.05) is 12.0 Å². The van der Waals surface area contributed by atoms with Crippen molar-refractivity contribution in [1.29, 1.82) is 0 Å². The van der Waals surface area contributed by atoms with E-state index in [0.29, 0.717) is 36.5 Å². The molecular weight excluding hydrogens is 398 g/mol. The monoisotopic (exact) mass is 423 g/mol. The lowest BCUT2D eigenvalue weighted by Gasteiger charge is -2.39. The van der Waals surface area contributed by atoms with Crippen LogP contribution in [0.3, 0.4) is 0 Å². The van der Waals surface area contributed by atoms with Gasteiger partial charge in [0.25, 0.3) is 0 Å². The predicted octanol–water partition coefficient (Wildman–Crippen LogP) is -0.449. The number of hydrogen-bond acceptors (Lipinski definition) is 9. The molecule has 1 aromatic heterocycles. The van der Waals surface area contributed by atoms with Crippen LogP contribution in [-0.2, 0) is 9.53 Å². The van der Waals surface area contributed by atoms with Crippen LogP contribution in [0, 0.1) is 0 Å². The molecule has 164 valence electrons. The zero-order valence-corrected chi connectivity index (χ0v) is 16.1. The van der Waals surface area contributed by atoms with Gasteiger partial charge in [-0.15, -0.1) is 5.10 Å². The summed E-state index contributed by atoms with van der Waals surface area (Å²) in [5, 5.41) is 56.0. The van der Waals surface area contributed by atoms with Crippen LogP contribution in [0.15, 0.2) is 30.5 Å². The summed E-state index contributed by atoms with van der Waals surface area (Å²) in [6.07, 6.45) is -3.83. The van der Waals surface area contributed by atoms with Crippen molar-refractivity contribution in [2.75, 3.05) is 13.2 Å². The number of carboxylic acids is 1. The molecule has 3 rings (SSSR count). The van der Waals surface area contributed by atoms with E-state index < -0.39 is 43.2 Å². The third-order valence-corrected chi connectivity index (χ3v) is 4.82. The van der Waals surface area contributed by atoms with Gasteiger partial charge in [-0.25, -0.2) is 4.68 Å². The van der Waals surface area contributed by atoms with Crippen LogP contribution in [0.5, 0.6) is 5.75 Å². The van der Waals surface area contributed by atoms with Crippen molar-refractivity contribution in [3.05, 3.63) is 30.5 Å². The Morgan fingerprint density at radius 1 is 1.17 bits per heavy atom. The molecular formula is C19H25N3O8. The minimum absolute atomic E-state index is 0.102. The highest BCUT2D eigenvalue weighted by atomic mass is 16.6. The minimum atomic E-state index is -1.51. The van der Waals surface area contributed by atoms with Gasteiger partial charge in [0.15, 0.2) is 6.23 Å². The third kappa shape index (κ3) is 5.12. The smallest absolute Gasteiger partial charge is 0.303 e.